The number of hydrogen-bond donors (Lipinski definition) is 1. The van der Waals surface area contributed by atoms with Crippen LogP contribution in [0.4, 0.5) is 5.69 Å². The Morgan fingerprint density at radius 3 is 2.23 bits per heavy atom. The number of aryl methyl sites for hydroxylation is 2. The highest BCUT2D eigenvalue weighted by molar-refractivity contribution is 9.10. The van der Waals surface area contributed by atoms with E-state index in [0.717, 1.165) is 31.7 Å². The first-order chi connectivity index (χ1) is 14.4. The van der Waals surface area contributed by atoms with E-state index in [4.69, 9.17) is 0 Å². The molecule has 0 aromatic heterocycles. The minimum absolute atomic E-state index is 0.185. The van der Waals surface area contributed by atoms with Crippen molar-refractivity contribution < 1.29 is 18.0 Å². The number of hydrogen-bond acceptors (Lipinski definition) is 4. The van der Waals surface area contributed by atoms with Crippen molar-refractivity contribution in [3.63, 3.8) is 0 Å². The van der Waals surface area contributed by atoms with Crippen LogP contribution in [0.25, 0.3) is 0 Å². The Morgan fingerprint density at radius 2 is 1.71 bits per heavy atom. The lowest BCUT2D eigenvalue weighted by atomic mass is 10.1. The van der Waals surface area contributed by atoms with Gasteiger partial charge in [-0.25, -0.2) is 8.42 Å². The maximum atomic E-state index is 13.3. The van der Waals surface area contributed by atoms with Gasteiger partial charge in [-0.05, 0) is 50.1 Å². The summed E-state index contributed by atoms with van der Waals surface area (Å²) in [5, 5.41) is 2.55. The average molecular weight is 510 g/mol. The zero-order valence-corrected chi connectivity index (χ0v) is 20.7. The maximum absolute atomic E-state index is 13.3. The largest absolute Gasteiger partial charge is 0.357 e. The van der Waals surface area contributed by atoms with E-state index in [-0.39, 0.29) is 12.5 Å². The van der Waals surface area contributed by atoms with E-state index >= 15 is 0 Å². The summed E-state index contributed by atoms with van der Waals surface area (Å²) in [6.07, 6.45) is 1.06. The van der Waals surface area contributed by atoms with Crippen molar-refractivity contribution in [3.05, 3.63) is 63.6 Å². The van der Waals surface area contributed by atoms with Gasteiger partial charge >= 0.3 is 0 Å². The average Bonchev–Trinajstić information content (AvgIpc) is 2.71. The highest BCUT2D eigenvalue weighted by Gasteiger charge is 2.29. The predicted octanol–water partition coefficient (Wildman–Crippen LogP) is 3.00. The number of likely N-dealkylation sites (N-methyl/N-ethyl adjacent to an activating group) is 1. The summed E-state index contributed by atoms with van der Waals surface area (Å²) < 4.78 is 26.9. The Labute approximate surface area is 192 Å². The summed E-state index contributed by atoms with van der Waals surface area (Å²) >= 11 is 3.40. The van der Waals surface area contributed by atoms with Gasteiger partial charge in [0.2, 0.25) is 21.8 Å². The number of rotatable bonds is 8. The smallest absolute Gasteiger partial charge is 0.244 e. The van der Waals surface area contributed by atoms with Crippen LogP contribution in [-0.4, -0.2) is 51.0 Å². The Kier molecular flexibility index (Phi) is 8.25. The van der Waals surface area contributed by atoms with Crippen LogP contribution in [0.5, 0.6) is 0 Å². The van der Waals surface area contributed by atoms with Gasteiger partial charge in [-0.3, -0.25) is 13.9 Å². The summed E-state index contributed by atoms with van der Waals surface area (Å²) in [6, 6.07) is 11.9. The molecule has 31 heavy (non-hydrogen) atoms. The quantitative estimate of drug-likeness (QED) is 0.592. The predicted molar refractivity (Wildman–Crippen MR) is 126 cm³/mol. The van der Waals surface area contributed by atoms with Crippen LogP contribution in [0.2, 0.25) is 0 Å². The van der Waals surface area contributed by atoms with Crippen LogP contribution >= 0.6 is 15.9 Å². The summed E-state index contributed by atoms with van der Waals surface area (Å²) in [5.74, 6) is -0.798. The molecule has 0 saturated heterocycles. The molecule has 168 valence electrons. The van der Waals surface area contributed by atoms with Crippen molar-refractivity contribution in [1.29, 1.82) is 0 Å². The van der Waals surface area contributed by atoms with Gasteiger partial charge in [0.25, 0.3) is 0 Å². The first kappa shape index (κ1) is 24.9. The van der Waals surface area contributed by atoms with Gasteiger partial charge in [0.05, 0.1) is 11.9 Å². The van der Waals surface area contributed by atoms with E-state index < -0.39 is 28.5 Å². The van der Waals surface area contributed by atoms with Crippen LogP contribution in [0.3, 0.4) is 0 Å². The lowest BCUT2D eigenvalue weighted by Gasteiger charge is -2.31. The molecule has 0 aliphatic rings. The van der Waals surface area contributed by atoms with E-state index in [0.29, 0.717) is 5.69 Å². The van der Waals surface area contributed by atoms with Crippen LogP contribution in [0, 0.1) is 13.8 Å². The highest BCUT2D eigenvalue weighted by atomic mass is 79.9. The van der Waals surface area contributed by atoms with E-state index in [1.54, 1.807) is 25.1 Å². The van der Waals surface area contributed by atoms with Crippen molar-refractivity contribution in [2.45, 2.75) is 33.4 Å². The molecule has 2 aromatic carbocycles. The molecule has 2 rings (SSSR count). The van der Waals surface area contributed by atoms with E-state index in [1.807, 2.05) is 38.1 Å². The topological polar surface area (TPSA) is 86.8 Å². The zero-order chi connectivity index (χ0) is 23.3. The Balaban J connectivity index is 2.39. The van der Waals surface area contributed by atoms with Crippen molar-refractivity contribution in [2.24, 2.45) is 0 Å². The van der Waals surface area contributed by atoms with Gasteiger partial charge in [-0.2, -0.15) is 0 Å². The van der Waals surface area contributed by atoms with Crippen molar-refractivity contribution in [2.75, 3.05) is 24.2 Å². The second-order valence-corrected chi connectivity index (χ2v) is 10.3. The second-order valence-electron chi connectivity index (χ2n) is 7.50. The third kappa shape index (κ3) is 6.54. The van der Waals surface area contributed by atoms with Gasteiger partial charge in [0.15, 0.2) is 0 Å². The molecule has 0 fully saturated rings. The number of benzene rings is 2. The number of nitrogens with zero attached hydrogens (tertiary/aromatic N) is 2. The Morgan fingerprint density at radius 1 is 1.10 bits per heavy atom. The fourth-order valence-electron chi connectivity index (χ4n) is 3.08. The van der Waals surface area contributed by atoms with Crippen molar-refractivity contribution >= 4 is 43.5 Å². The minimum Gasteiger partial charge on any atom is -0.357 e. The molecule has 2 amide bonds. The number of halogens is 1. The van der Waals surface area contributed by atoms with E-state index in [9.17, 15) is 18.0 Å². The lowest BCUT2D eigenvalue weighted by molar-refractivity contribution is -0.139. The van der Waals surface area contributed by atoms with Gasteiger partial charge in [-0.1, -0.05) is 45.8 Å². The van der Waals surface area contributed by atoms with Gasteiger partial charge in [0.1, 0.15) is 12.6 Å². The SMILES string of the molecule is CNC(=O)C(C)N(Cc1ccc(C)cc1)C(=O)CN(c1ccc(Br)c(C)c1)S(C)(=O)=O. The molecule has 1 atom stereocenters. The molecule has 0 heterocycles. The molecule has 0 radical (unpaired) electrons. The molecular weight excluding hydrogens is 482 g/mol. The fourth-order valence-corrected chi connectivity index (χ4v) is 4.17. The highest BCUT2D eigenvalue weighted by Crippen LogP contribution is 2.25. The molecule has 0 bridgehead atoms. The first-order valence-electron chi connectivity index (χ1n) is 9.74. The fraction of sp³-hybridized carbons (Fsp3) is 0.364. The van der Waals surface area contributed by atoms with E-state index in [1.165, 1.54) is 11.9 Å². The zero-order valence-electron chi connectivity index (χ0n) is 18.3. The minimum atomic E-state index is -3.74. The molecule has 0 spiro atoms. The first-order valence-corrected chi connectivity index (χ1v) is 12.4. The number of anilines is 1. The van der Waals surface area contributed by atoms with Crippen LogP contribution < -0.4 is 9.62 Å². The van der Waals surface area contributed by atoms with Gasteiger partial charge < -0.3 is 10.2 Å². The number of sulfonamides is 1. The summed E-state index contributed by atoms with van der Waals surface area (Å²) in [5.41, 5.74) is 3.16. The third-order valence-electron chi connectivity index (χ3n) is 5.00. The second kappa shape index (κ2) is 10.3. The molecule has 1 N–H and O–H groups in total. The lowest BCUT2D eigenvalue weighted by Crippen LogP contribution is -2.50. The molecule has 0 aliphatic heterocycles. The van der Waals surface area contributed by atoms with Crippen LogP contribution in [-0.2, 0) is 26.2 Å². The number of carbonyl (C=O) groups excluding carboxylic acids is 2. The number of carbonyl (C=O) groups is 2. The monoisotopic (exact) mass is 509 g/mol. The Bertz CT molecular complexity index is 1050. The standard InChI is InChI=1S/C22H28BrN3O4S/c1-15-6-8-18(9-7-15)13-25(17(3)22(28)24-4)21(27)14-26(31(5,29)30)19-10-11-20(23)16(2)12-19/h6-12,17H,13-14H2,1-5H3,(H,24,28). The summed E-state index contributed by atoms with van der Waals surface area (Å²) in [6.45, 7) is 5.20. The molecule has 9 heteroatoms. The van der Waals surface area contributed by atoms with Gasteiger partial charge in [-0.15, -0.1) is 0 Å². The van der Waals surface area contributed by atoms with Gasteiger partial charge in [0, 0.05) is 18.1 Å². The molecule has 0 aliphatic carbocycles. The van der Waals surface area contributed by atoms with Crippen molar-refractivity contribution in [3.8, 4) is 0 Å². The van der Waals surface area contributed by atoms with E-state index in [2.05, 4.69) is 21.2 Å². The third-order valence-corrected chi connectivity index (χ3v) is 7.03. The molecule has 0 saturated carbocycles. The molecule has 1 unspecified atom stereocenters. The van der Waals surface area contributed by atoms with Crippen LogP contribution in [0.1, 0.15) is 23.6 Å². The number of amides is 2. The molecule has 7 nitrogen and oxygen atoms in total. The molecular formula is C22H28BrN3O4S. The summed E-state index contributed by atoms with van der Waals surface area (Å²) in [7, 11) is -2.24. The number of nitrogens with one attached hydrogen (secondary N) is 1. The van der Waals surface area contributed by atoms with Crippen molar-refractivity contribution in [1.82, 2.24) is 10.2 Å². The Hall–Kier alpha value is -2.39. The summed E-state index contributed by atoms with van der Waals surface area (Å²) in [4.78, 5) is 27.0. The normalized spacial score (nSPS) is 12.2. The molecule has 2 aromatic rings. The maximum Gasteiger partial charge on any atom is 0.244 e. The van der Waals surface area contributed by atoms with Crippen LogP contribution in [0.15, 0.2) is 46.9 Å².